The minimum absolute atomic E-state index is 0.226. The van der Waals surface area contributed by atoms with Gasteiger partial charge < -0.3 is 14.4 Å². The van der Waals surface area contributed by atoms with Crippen molar-refractivity contribution >= 4 is 15.7 Å². The molecule has 1 heterocycles. The number of rotatable bonds is 9. The lowest BCUT2D eigenvalue weighted by Crippen LogP contribution is -2.56. The second-order valence-corrected chi connectivity index (χ2v) is 14.3. The number of methoxy groups -OCH3 is 1. The smallest absolute Gasteiger partial charge is 0.380 e. The van der Waals surface area contributed by atoms with E-state index in [4.69, 9.17) is 4.74 Å². The van der Waals surface area contributed by atoms with Gasteiger partial charge in [0.15, 0.2) is 9.84 Å². The molecule has 3 aromatic carbocycles. The van der Waals surface area contributed by atoms with E-state index < -0.39 is 73.6 Å². The summed E-state index contributed by atoms with van der Waals surface area (Å²) in [5.41, 5.74) is -8.01. The van der Waals surface area contributed by atoms with E-state index in [1.807, 2.05) is 0 Å². The summed E-state index contributed by atoms with van der Waals surface area (Å²) in [4.78, 5) is 14.6. The highest BCUT2D eigenvalue weighted by Gasteiger charge is 2.73. The van der Waals surface area contributed by atoms with Gasteiger partial charge in [-0.05, 0) is 67.6 Å². The number of hydrogen-bond donors (Lipinski definition) is 0. The number of sulfone groups is 1. The maximum atomic E-state index is 14.5. The molecule has 1 saturated heterocycles. The van der Waals surface area contributed by atoms with E-state index in [1.165, 1.54) is 12.0 Å². The third-order valence-electron chi connectivity index (χ3n) is 9.27. The average molecular weight is 724 g/mol. The molecule has 5 rings (SSSR count). The van der Waals surface area contributed by atoms with Crippen LogP contribution in [0.3, 0.4) is 0 Å². The third-order valence-corrected chi connectivity index (χ3v) is 11.8. The van der Waals surface area contributed by atoms with Crippen molar-refractivity contribution in [3.05, 3.63) is 101 Å². The Morgan fingerprint density at radius 2 is 1.45 bits per heavy atom. The maximum Gasteiger partial charge on any atom is 0.430 e. The number of ether oxygens (including phenoxy) is 2. The molecule has 1 amide bonds. The van der Waals surface area contributed by atoms with Gasteiger partial charge in [-0.15, -0.1) is 0 Å². The van der Waals surface area contributed by atoms with E-state index in [1.54, 1.807) is 0 Å². The predicted octanol–water partition coefficient (Wildman–Crippen LogP) is 7.36. The first-order chi connectivity index (χ1) is 22.9. The van der Waals surface area contributed by atoms with E-state index in [9.17, 15) is 52.7 Å². The molecule has 1 aliphatic heterocycles. The molecule has 6 nitrogen and oxygen atoms in total. The number of nitrogens with zero attached hydrogens (tertiary/aromatic N) is 1. The van der Waals surface area contributed by atoms with Crippen LogP contribution in [0.15, 0.2) is 71.6 Å². The number of carbonyl (C=O) groups is 1. The van der Waals surface area contributed by atoms with Gasteiger partial charge in [0.2, 0.25) is 5.91 Å². The molecule has 1 unspecified atom stereocenters. The summed E-state index contributed by atoms with van der Waals surface area (Å²) in [6, 6.07) is 8.13. The number of likely N-dealkylation sites (tertiary alicyclic amines) is 1. The lowest BCUT2D eigenvalue weighted by molar-refractivity contribution is -0.392. The molecular weight excluding hydrogens is 693 g/mol. The van der Waals surface area contributed by atoms with Crippen molar-refractivity contribution in [3.63, 3.8) is 0 Å². The number of amides is 1. The molecule has 0 spiro atoms. The van der Waals surface area contributed by atoms with Gasteiger partial charge in [-0.2, -0.15) is 26.3 Å². The van der Waals surface area contributed by atoms with Crippen molar-refractivity contribution < 1.29 is 62.2 Å². The summed E-state index contributed by atoms with van der Waals surface area (Å²) >= 11 is 0. The Bertz CT molecular complexity index is 1740. The van der Waals surface area contributed by atoms with Crippen molar-refractivity contribution in [2.24, 2.45) is 5.92 Å². The average Bonchev–Trinajstić information content (AvgIpc) is 3.01. The molecule has 49 heavy (non-hydrogen) atoms. The highest BCUT2D eigenvalue weighted by atomic mass is 32.2. The highest BCUT2D eigenvalue weighted by Crippen LogP contribution is 2.57. The molecule has 1 saturated carbocycles. The van der Waals surface area contributed by atoms with E-state index in [-0.39, 0.29) is 41.9 Å². The standard InChI is InChI=1S/C33H30F9NO5S/c1-47-24-4-3-15-43(18-24)29(44)20-16-30(17-20,49(45,46)25-13-11-23(34)12-14-25)21-7-9-22(10-8-21)31(32(37,38)39,33(40,41)42)48-19-26-27(35)5-2-6-28(26)36/h2,5-14,20,24H,3-4,15-19H2,1H3/t20-,24?,30+. The fourth-order valence-corrected chi connectivity index (χ4v) is 8.78. The van der Waals surface area contributed by atoms with E-state index in [0.29, 0.717) is 43.7 Å². The number of carbonyl (C=O) groups excluding carboxylic acids is 1. The molecule has 1 aliphatic carbocycles. The Balaban J connectivity index is 1.55. The first-order valence-electron chi connectivity index (χ1n) is 15.0. The lowest BCUT2D eigenvalue weighted by atomic mass is 9.69. The van der Waals surface area contributed by atoms with Crippen LogP contribution in [0.5, 0.6) is 0 Å². The lowest BCUT2D eigenvalue weighted by Gasteiger charge is -2.48. The number of piperidine rings is 1. The molecule has 0 aromatic heterocycles. The van der Waals surface area contributed by atoms with Gasteiger partial charge >= 0.3 is 12.4 Å². The van der Waals surface area contributed by atoms with E-state index in [2.05, 4.69) is 4.74 Å². The van der Waals surface area contributed by atoms with Gasteiger partial charge in [0.25, 0.3) is 5.60 Å². The Morgan fingerprint density at radius 3 is 1.98 bits per heavy atom. The zero-order valence-corrected chi connectivity index (χ0v) is 26.6. The molecule has 3 aromatic rings. The van der Waals surface area contributed by atoms with Gasteiger partial charge in [-0.25, -0.2) is 21.6 Å². The van der Waals surface area contributed by atoms with Crippen LogP contribution in [-0.4, -0.2) is 57.9 Å². The molecule has 0 radical (unpaired) electrons. The Morgan fingerprint density at radius 1 is 0.878 bits per heavy atom. The summed E-state index contributed by atoms with van der Waals surface area (Å²) in [7, 11) is -3.04. The molecule has 16 heteroatoms. The van der Waals surface area contributed by atoms with Crippen LogP contribution in [-0.2, 0) is 41.1 Å². The molecule has 2 aliphatic rings. The Kier molecular flexibility index (Phi) is 9.91. The second-order valence-electron chi connectivity index (χ2n) is 12.1. The Labute approximate surface area is 275 Å². The molecule has 0 bridgehead atoms. The van der Waals surface area contributed by atoms with Crippen molar-refractivity contribution in [1.29, 1.82) is 0 Å². The minimum Gasteiger partial charge on any atom is -0.380 e. The highest BCUT2D eigenvalue weighted by molar-refractivity contribution is 7.92. The van der Waals surface area contributed by atoms with Crippen LogP contribution in [0.4, 0.5) is 39.5 Å². The zero-order chi connectivity index (χ0) is 36.0. The van der Waals surface area contributed by atoms with Crippen molar-refractivity contribution in [2.75, 3.05) is 20.2 Å². The Hall–Kier alpha value is -3.63. The molecule has 0 N–H and O–H groups in total. The van der Waals surface area contributed by atoms with E-state index >= 15 is 0 Å². The summed E-state index contributed by atoms with van der Waals surface area (Å²) in [5, 5.41) is 0. The van der Waals surface area contributed by atoms with Gasteiger partial charge in [-0.1, -0.05) is 30.3 Å². The normalized spacial score (nSPS) is 22.1. The van der Waals surface area contributed by atoms with Crippen LogP contribution >= 0.6 is 0 Å². The largest absolute Gasteiger partial charge is 0.430 e. The van der Waals surface area contributed by atoms with Crippen molar-refractivity contribution in [3.8, 4) is 0 Å². The first-order valence-corrected chi connectivity index (χ1v) is 16.5. The number of benzene rings is 3. The molecule has 266 valence electrons. The molecule has 2 fully saturated rings. The summed E-state index contributed by atoms with van der Waals surface area (Å²) < 4.78 is 165. The van der Waals surface area contributed by atoms with Crippen LogP contribution < -0.4 is 0 Å². The van der Waals surface area contributed by atoms with Crippen LogP contribution in [0.1, 0.15) is 42.4 Å². The van der Waals surface area contributed by atoms with Crippen molar-refractivity contribution in [1.82, 2.24) is 4.90 Å². The van der Waals surface area contributed by atoms with Crippen molar-refractivity contribution in [2.45, 2.75) is 66.0 Å². The summed E-state index contributed by atoms with van der Waals surface area (Å²) in [6.07, 6.45) is -12.1. The quantitative estimate of drug-likeness (QED) is 0.171. The van der Waals surface area contributed by atoms with Crippen LogP contribution in [0, 0.1) is 23.4 Å². The third kappa shape index (κ3) is 6.42. The summed E-state index contributed by atoms with van der Waals surface area (Å²) in [6.45, 7) is -1.12. The molecular formula is C33H30F9NO5S. The van der Waals surface area contributed by atoms with Gasteiger partial charge in [-0.3, -0.25) is 4.79 Å². The fourth-order valence-electron chi connectivity index (χ4n) is 6.54. The second kappa shape index (κ2) is 13.2. The number of halogens is 9. The number of hydrogen-bond acceptors (Lipinski definition) is 5. The van der Waals surface area contributed by atoms with Gasteiger partial charge in [0.05, 0.1) is 17.6 Å². The van der Waals surface area contributed by atoms with Crippen LogP contribution in [0.2, 0.25) is 0 Å². The van der Waals surface area contributed by atoms with Gasteiger partial charge in [0, 0.05) is 37.2 Å². The SMILES string of the molecule is COC1CCCN(C(=O)[C@H]2C[C@@](c3ccc(C(OCc4c(F)cccc4F)(C(F)(F)F)C(F)(F)F)cc3)(S(=O)(=O)c3ccc(F)cc3)C2)C1. The maximum absolute atomic E-state index is 14.5. The first kappa shape index (κ1) is 36.6. The molecule has 1 atom stereocenters. The minimum atomic E-state index is -6.21. The monoisotopic (exact) mass is 723 g/mol. The summed E-state index contributed by atoms with van der Waals surface area (Å²) in [5.74, 6) is -4.88. The van der Waals surface area contributed by atoms with Gasteiger partial charge in [0.1, 0.15) is 22.2 Å². The van der Waals surface area contributed by atoms with Crippen LogP contribution in [0.25, 0.3) is 0 Å². The fraction of sp³-hybridized carbons (Fsp3) is 0.424. The topological polar surface area (TPSA) is 72.9 Å². The van der Waals surface area contributed by atoms with E-state index in [0.717, 1.165) is 42.5 Å². The number of alkyl halides is 6. The zero-order valence-electron chi connectivity index (χ0n) is 25.8. The predicted molar refractivity (Wildman–Crippen MR) is 156 cm³/mol.